The van der Waals surface area contributed by atoms with Gasteiger partial charge in [0.15, 0.2) is 0 Å². The van der Waals surface area contributed by atoms with Crippen LogP contribution in [0.4, 0.5) is 0 Å². The first-order chi connectivity index (χ1) is 8.25. The van der Waals surface area contributed by atoms with Gasteiger partial charge in [-0.3, -0.25) is 4.99 Å². The fourth-order valence-corrected chi connectivity index (χ4v) is 2.37. The lowest BCUT2D eigenvalue weighted by Gasteiger charge is -2.20. The lowest BCUT2D eigenvalue weighted by molar-refractivity contribution is 0.383. The highest BCUT2D eigenvalue weighted by Gasteiger charge is 2.11. The Kier molecular flexibility index (Phi) is 4.57. The van der Waals surface area contributed by atoms with Crippen LogP contribution in [0.5, 0.6) is 5.75 Å². The van der Waals surface area contributed by atoms with Crippen LogP contribution in [0.15, 0.2) is 27.7 Å². The lowest BCUT2D eigenvalue weighted by atomic mass is 9.98. The third kappa shape index (κ3) is 3.82. The van der Waals surface area contributed by atoms with Crippen LogP contribution in [0.2, 0.25) is 0 Å². The van der Waals surface area contributed by atoms with Crippen molar-refractivity contribution >= 4 is 22.1 Å². The average molecular weight is 297 g/mol. The Hall–Kier alpha value is -0.870. The highest BCUT2D eigenvalue weighted by atomic mass is 79.9. The Morgan fingerprint density at radius 3 is 2.94 bits per heavy atom. The minimum atomic E-state index is 0.280. The van der Waals surface area contributed by atoms with E-state index in [2.05, 4.69) is 26.2 Å². The molecule has 92 valence electrons. The van der Waals surface area contributed by atoms with Crippen molar-refractivity contribution in [3.05, 3.63) is 28.2 Å². The largest absolute Gasteiger partial charge is 0.507 e. The highest BCUT2D eigenvalue weighted by molar-refractivity contribution is 9.10. The first-order valence-electron chi connectivity index (χ1n) is 5.95. The first-order valence-corrected chi connectivity index (χ1v) is 6.74. The van der Waals surface area contributed by atoms with Crippen molar-refractivity contribution in [3.63, 3.8) is 0 Å². The summed E-state index contributed by atoms with van der Waals surface area (Å²) in [6, 6.07) is 5.37. The van der Waals surface area contributed by atoms with E-state index in [0.717, 1.165) is 29.7 Å². The number of aliphatic imine (C=N–C) groups is 1. The van der Waals surface area contributed by atoms with Crippen LogP contribution in [0.25, 0.3) is 0 Å². The van der Waals surface area contributed by atoms with Crippen LogP contribution in [0.1, 0.15) is 18.4 Å². The zero-order chi connectivity index (χ0) is 12.1. The number of phenols is 1. The molecule has 0 atom stereocenters. The molecule has 1 aliphatic heterocycles. The van der Waals surface area contributed by atoms with Crippen molar-refractivity contribution in [2.45, 2.75) is 12.8 Å². The first kappa shape index (κ1) is 12.6. The number of aromatic hydroxyl groups is 1. The van der Waals surface area contributed by atoms with Crippen LogP contribution in [0.3, 0.4) is 0 Å². The molecule has 0 spiro atoms. The molecule has 0 aliphatic carbocycles. The summed E-state index contributed by atoms with van der Waals surface area (Å²) in [5, 5.41) is 13.0. The molecule has 1 aromatic rings. The Bertz CT molecular complexity index is 400. The van der Waals surface area contributed by atoms with Crippen molar-refractivity contribution in [3.8, 4) is 5.75 Å². The SMILES string of the molecule is Oc1ccc(Br)cc1C=NCC1CCNCC1. The van der Waals surface area contributed by atoms with Gasteiger partial charge in [-0.15, -0.1) is 0 Å². The molecule has 2 rings (SSSR count). The molecule has 1 fully saturated rings. The second kappa shape index (κ2) is 6.17. The van der Waals surface area contributed by atoms with E-state index in [1.165, 1.54) is 12.8 Å². The van der Waals surface area contributed by atoms with Crippen LogP contribution in [0, 0.1) is 5.92 Å². The average Bonchev–Trinajstić information content (AvgIpc) is 2.35. The summed E-state index contributed by atoms with van der Waals surface area (Å²) in [4.78, 5) is 4.43. The van der Waals surface area contributed by atoms with Gasteiger partial charge in [0.25, 0.3) is 0 Å². The molecule has 0 amide bonds. The Balaban J connectivity index is 1.92. The molecule has 1 saturated heterocycles. The number of rotatable bonds is 3. The minimum Gasteiger partial charge on any atom is -0.507 e. The summed E-state index contributed by atoms with van der Waals surface area (Å²) in [7, 11) is 0. The van der Waals surface area contributed by atoms with Crippen LogP contribution in [-0.4, -0.2) is 31.0 Å². The minimum absolute atomic E-state index is 0.280. The molecule has 1 heterocycles. The highest BCUT2D eigenvalue weighted by Crippen LogP contribution is 2.20. The van der Waals surface area contributed by atoms with E-state index in [-0.39, 0.29) is 5.75 Å². The van der Waals surface area contributed by atoms with Crippen LogP contribution < -0.4 is 5.32 Å². The molecule has 1 aromatic carbocycles. The Morgan fingerprint density at radius 2 is 2.18 bits per heavy atom. The maximum atomic E-state index is 9.65. The Labute approximate surface area is 110 Å². The van der Waals surface area contributed by atoms with E-state index in [1.807, 2.05) is 12.1 Å². The summed E-state index contributed by atoms with van der Waals surface area (Å²) in [5.74, 6) is 0.962. The fraction of sp³-hybridized carbons (Fsp3) is 0.462. The molecule has 1 aliphatic rings. The second-order valence-corrected chi connectivity index (χ2v) is 5.31. The molecule has 3 nitrogen and oxygen atoms in total. The molecule has 0 radical (unpaired) electrons. The third-order valence-electron chi connectivity index (χ3n) is 3.04. The summed E-state index contributed by atoms with van der Waals surface area (Å²) in [6.07, 6.45) is 4.16. The van der Waals surface area contributed by atoms with Gasteiger partial charge >= 0.3 is 0 Å². The summed E-state index contributed by atoms with van der Waals surface area (Å²) in [6.45, 7) is 3.05. The fourth-order valence-electron chi connectivity index (χ4n) is 1.99. The van der Waals surface area contributed by atoms with Gasteiger partial charge in [0.1, 0.15) is 5.75 Å². The van der Waals surface area contributed by atoms with E-state index in [9.17, 15) is 5.11 Å². The number of halogens is 1. The zero-order valence-electron chi connectivity index (χ0n) is 9.69. The van der Waals surface area contributed by atoms with E-state index in [1.54, 1.807) is 12.3 Å². The lowest BCUT2D eigenvalue weighted by Crippen LogP contribution is -2.28. The molecule has 0 aromatic heterocycles. The smallest absolute Gasteiger partial charge is 0.124 e. The van der Waals surface area contributed by atoms with Gasteiger partial charge in [-0.1, -0.05) is 15.9 Å². The topological polar surface area (TPSA) is 44.6 Å². The normalized spacial score (nSPS) is 17.7. The predicted octanol–water partition coefficient (Wildman–Crippen LogP) is 2.57. The van der Waals surface area contributed by atoms with Gasteiger partial charge in [0, 0.05) is 22.8 Å². The van der Waals surface area contributed by atoms with Gasteiger partial charge in [-0.2, -0.15) is 0 Å². The zero-order valence-corrected chi connectivity index (χ0v) is 11.3. The van der Waals surface area contributed by atoms with E-state index < -0.39 is 0 Å². The molecule has 4 heteroatoms. The number of piperidine rings is 1. The standard InChI is InChI=1S/C13H17BrN2O/c14-12-1-2-13(17)11(7-12)9-16-8-10-3-5-15-6-4-10/h1-2,7,9-10,15,17H,3-6,8H2. The molecule has 0 unspecified atom stereocenters. The second-order valence-electron chi connectivity index (χ2n) is 4.39. The van der Waals surface area contributed by atoms with E-state index in [4.69, 9.17) is 0 Å². The van der Waals surface area contributed by atoms with E-state index >= 15 is 0 Å². The number of benzene rings is 1. The molecule has 0 bridgehead atoms. The number of hydrogen-bond acceptors (Lipinski definition) is 3. The van der Waals surface area contributed by atoms with Crippen molar-refractivity contribution in [1.29, 1.82) is 0 Å². The van der Waals surface area contributed by atoms with Gasteiger partial charge in [-0.25, -0.2) is 0 Å². The molecular formula is C13H17BrN2O. The van der Waals surface area contributed by atoms with Gasteiger partial charge in [-0.05, 0) is 50.0 Å². The van der Waals surface area contributed by atoms with Crippen molar-refractivity contribution in [2.75, 3.05) is 19.6 Å². The number of hydrogen-bond donors (Lipinski definition) is 2. The third-order valence-corrected chi connectivity index (χ3v) is 3.54. The van der Waals surface area contributed by atoms with Crippen molar-refractivity contribution in [1.82, 2.24) is 5.32 Å². The van der Waals surface area contributed by atoms with Crippen molar-refractivity contribution < 1.29 is 5.11 Å². The van der Waals surface area contributed by atoms with E-state index in [0.29, 0.717) is 5.92 Å². The number of phenolic OH excluding ortho intramolecular Hbond substituents is 1. The number of nitrogens with one attached hydrogen (secondary N) is 1. The van der Waals surface area contributed by atoms with Crippen molar-refractivity contribution in [2.24, 2.45) is 10.9 Å². The monoisotopic (exact) mass is 296 g/mol. The Morgan fingerprint density at radius 1 is 1.41 bits per heavy atom. The van der Waals surface area contributed by atoms with Gasteiger partial charge in [0.05, 0.1) is 0 Å². The van der Waals surface area contributed by atoms with Crippen LogP contribution >= 0.6 is 15.9 Å². The quantitative estimate of drug-likeness (QED) is 0.842. The number of nitrogens with zero attached hydrogens (tertiary/aromatic N) is 1. The maximum absolute atomic E-state index is 9.65. The maximum Gasteiger partial charge on any atom is 0.124 e. The summed E-state index contributed by atoms with van der Waals surface area (Å²) < 4.78 is 0.957. The predicted molar refractivity (Wildman–Crippen MR) is 73.9 cm³/mol. The van der Waals surface area contributed by atoms with Gasteiger partial charge < -0.3 is 10.4 Å². The molecule has 17 heavy (non-hydrogen) atoms. The molecule has 0 saturated carbocycles. The molecule has 2 N–H and O–H groups in total. The van der Waals surface area contributed by atoms with Crippen LogP contribution in [-0.2, 0) is 0 Å². The summed E-state index contributed by atoms with van der Waals surface area (Å²) in [5.41, 5.74) is 0.772. The van der Waals surface area contributed by atoms with Gasteiger partial charge in [0.2, 0.25) is 0 Å². The molecular weight excluding hydrogens is 280 g/mol. The summed E-state index contributed by atoms with van der Waals surface area (Å²) >= 11 is 3.38.